The number of aliphatic hydroxyl groups excluding tert-OH is 2. The van der Waals surface area contributed by atoms with E-state index in [2.05, 4.69) is 37.3 Å². The van der Waals surface area contributed by atoms with Crippen molar-refractivity contribution in [3.8, 4) is 0 Å². The molecule has 1 aliphatic carbocycles. The van der Waals surface area contributed by atoms with E-state index in [0.29, 0.717) is 5.76 Å². The number of hydrogen-bond acceptors (Lipinski definition) is 3. The zero-order chi connectivity index (χ0) is 23.5. The van der Waals surface area contributed by atoms with Gasteiger partial charge in [-0.05, 0) is 70.1 Å². The molecule has 0 unspecified atom stereocenters. The maximum absolute atomic E-state index is 8.60. The van der Waals surface area contributed by atoms with Crippen LogP contribution in [-0.2, 0) is 0 Å². The van der Waals surface area contributed by atoms with Crippen molar-refractivity contribution in [2.45, 2.75) is 72.8 Å². The highest BCUT2D eigenvalue weighted by atomic mass is 16.3. The molecule has 0 radical (unpaired) electrons. The summed E-state index contributed by atoms with van der Waals surface area (Å²) in [5.41, 5.74) is 4.95. The first kappa shape index (κ1) is 28.4. The SMILES string of the molecule is CC/C=C(/C)O.CC1=CCCC(C/C=C(\C=N)c2ccccc2)=C1.CCC=C[C@H](C)O. The standard InChI is InChI=1S/C17H19N.C6H12O.C5H10O/c1-14-6-5-7-15(12-14)10-11-17(13-18)16-8-3-2-4-9-16;1-3-4-5-6(2)7;1-3-4-5(2)6/h2-4,6,8-9,11-13,18H,5,7,10H2,1H3;4-7H,3H2,1-2H3;4,6H,3H2,1-2H3/b17-11+,18-13?;;5-4-/t;6-;/m.0./s1. The minimum absolute atomic E-state index is 0.278. The second kappa shape index (κ2) is 18.1. The summed E-state index contributed by atoms with van der Waals surface area (Å²) in [6, 6.07) is 10.1. The third-order valence-electron chi connectivity index (χ3n) is 4.36. The van der Waals surface area contributed by atoms with Gasteiger partial charge in [-0.1, -0.05) is 85.7 Å². The van der Waals surface area contributed by atoms with Crippen LogP contribution in [0.25, 0.3) is 5.57 Å². The van der Waals surface area contributed by atoms with Crippen LogP contribution >= 0.6 is 0 Å². The Morgan fingerprint density at radius 1 is 1.13 bits per heavy atom. The fourth-order valence-corrected chi connectivity index (χ4v) is 2.86. The van der Waals surface area contributed by atoms with E-state index in [1.165, 1.54) is 17.4 Å². The average Bonchev–Trinajstić information content (AvgIpc) is 2.74. The maximum atomic E-state index is 8.60. The number of allylic oxidation sites excluding steroid dienone is 9. The van der Waals surface area contributed by atoms with Crippen LogP contribution in [0.15, 0.2) is 83.7 Å². The molecule has 0 aromatic heterocycles. The van der Waals surface area contributed by atoms with E-state index >= 15 is 0 Å². The van der Waals surface area contributed by atoms with Crippen LogP contribution in [0.3, 0.4) is 0 Å². The third kappa shape index (κ3) is 15.8. The Labute approximate surface area is 189 Å². The molecule has 1 aliphatic rings. The van der Waals surface area contributed by atoms with E-state index in [0.717, 1.165) is 43.2 Å². The van der Waals surface area contributed by atoms with Gasteiger partial charge in [-0.25, -0.2) is 0 Å². The molecule has 0 fully saturated rings. The number of aliphatic hydroxyl groups is 2. The van der Waals surface area contributed by atoms with Crippen molar-refractivity contribution in [1.29, 1.82) is 5.41 Å². The maximum Gasteiger partial charge on any atom is 0.0851 e. The van der Waals surface area contributed by atoms with Gasteiger partial charge in [-0.3, -0.25) is 0 Å². The summed E-state index contributed by atoms with van der Waals surface area (Å²) in [5.74, 6) is 0.414. The van der Waals surface area contributed by atoms with Gasteiger partial charge in [0, 0.05) is 6.21 Å². The Morgan fingerprint density at radius 2 is 1.81 bits per heavy atom. The van der Waals surface area contributed by atoms with Gasteiger partial charge in [0.15, 0.2) is 0 Å². The highest BCUT2D eigenvalue weighted by molar-refractivity contribution is 6.08. The predicted octanol–water partition coefficient (Wildman–Crippen LogP) is 7.97. The molecule has 1 aromatic carbocycles. The molecule has 0 spiro atoms. The number of nitrogens with one attached hydrogen (secondary N) is 1. The van der Waals surface area contributed by atoms with Crippen LogP contribution in [0.4, 0.5) is 0 Å². The van der Waals surface area contributed by atoms with Gasteiger partial charge >= 0.3 is 0 Å². The fourth-order valence-electron chi connectivity index (χ4n) is 2.86. The first-order chi connectivity index (χ1) is 14.8. The molecule has 2 rings (SSSR count). The lowest BCUT2D eigenvalue weighted by Crippen LogP contribution is -1.91. The van der Waals surface area contributed by atoms with E-state index in [1.807, 2.05) is 38.1 Å². The minimum Gasteiger partial charge on any atom is -0.513 e. The lowest BCUT2D eigenvalue weighted by atomic mass is 9.96. The highest BCUT2D eigenvalue weighted by Crippen LogP contribution is 2.22. The predicted molar refractivity (Wildman–Crippen MR) is 137 cm³/mol. The van der Waals surface area contributed by atoms with Crippen LogP contribution in [0.1, 0.15) is 72.3 Å². The largest absolute Gasteiger partial charge is 0.513 e. The summed E-state index contributed by atoms with van der Waals surface area (Å²) in [5, 5.41) is 24.5. The third-order valence-corrected chi connectivity index (χ3v) is 4.36. The second-order valence-electron chi connectivity index (χ2n) is 7.49. The molecule has 31 heavy (non-hydrogen) atoms. The first-order valence-corrected chi connectivity index (χ1v) is 11.2. The van der Waals surface area contributed by atoms with Gasteiger partial charge in [-0.15, -0.1) is 0 Å². The Kier molecular flexibility index (Phi) is 16.6. The zero-order valence-corrected chi connectivity index (χ0v) is 19.9. The molecule has 1 aromatic rings. The fraction of sp³-hybridized carbons (Fsp3) is 0.393. The molecule has 3 heteroatoms. The van der Waals surface area contributed by atoms with Gasteiger partial charge in [-0.2, -0.15) is 0 Å². The molecule has 0 amide bonds. The molecular formula is C28H41NO2. The van der Waals surface area contributed by atoms with Crippen molar-refractivity contribution < 1.29 is 10.2 Å². The van der Waals surface area contributed by atoms with Gasteiger partial charge in [0.2, 0.25) is 0 Å². The van der Waals surface area contributed by atoms with Crippen LogP contribution < -0.4 is 0 Å². The first-order valence-electron chi connectivity index (χ1n) is 11.2. The van der Waals surface area contributed by atoms with Crippen LogP contribution in [0, 0.1) is 5.41 Å². The highest BCUT2D eigenvalue weighted by Gasteiger charge is 2.03. The van der Waals surface area contributed by atoms with E-state index in [1.54, 1.807) is 26.0 Å². The lowest BCUT2D eigenvalue weighted by Gasteiger charge is -2.10. The molecule has 0 heterocycles. The number of rotatable bonds is 7. The molecule has 170 valence electrons. The Bertz CT molecular complexity index is 761. The van der Waals surface area contributed by atoms with E-state index in [9.17, 15) is 0 Å². The van der Waals surface area contributed by atoms with Crippen molar-refractivity contribution in [3.05, 3.63) is 89.3 Å². The van der Waals surface area contributed by atoms with Gasteiger partial charge in [0.05, 0.1) is 11.9 Å². The summed E-state index contributed by atoms with van der Waals surface area (Å²) < 4.78 is 0. The molecular weight excluding hydrogens is 382 g/mol. The molecule has 3 nitrogen and oxygen atoms in total. The van der Waals surface area contributed by atoms with Crippen LogP contribution in [-0.4, -0.2) is 22.5 Å². The summed E-state index contributed by atoms with van der Waals surface area (Å²) in [4.78, 5) is 0. The minimum atomic E-state index is -0.278. The van der Waals surface area contributed by atoms with Gasteiger partial charge in [0.1, 0.15) is 0 Å². The summed E-state index contributed by atoms with van der Waals surface area (Å²) in [6.07, 6.45) is 18.5. The van der Waals surface area contributed by atoms with Crippen molar-refractivity contribution >= 4 is 11.8 Å². The molecule has 0 bridgehead atoms. The Hall–Kier alpha value is -2.65. The topological polar surface area (TPSA) is 64.3 Å². The number of benzene rings is 1. The van der Waals surface area contributed by atoms with Gasteiger partial charge < -0.3 is 15.6 Å². The summed E-state index contributed by atoms with van der Waals surface area (Å²) in [7, 11) is 0. The van der Waals surface area contributed by atoms with E-state index in [4.69, 9.17) is 15.6 Å². The normalized spacial score (nSPS) is 15.0. The van der Waals surface area contributed by atoms with Crippen molar-refractivity contribution in [3.63, 3.8) is 0 Å². The zero-order valence-electron chi connectivity index (χ0n) is 19.9. The van der Waals surface area contributed by atoms with Gasteiger partial charge in [0.25, 0.3) is 0 Å². The van der Waals surface area contributed by atoms with Crippen molar-refractivity contribution in [2.24, 2.45) is 0 Å². The Balaban J connectivity index is 0.000000573. The smallest absolute Gasteiger partial charge is 0.0851 e. The Morgan fingerprint density at radius 3 is 2.23 bits per heavy atom. The van der Waals surface area contributed by atoms with Crippen molar-refractivity contribution in [1.82, 2.24) is 0 Å². The molecule has 1 atom stereocenters. The lowest BCUT2D eigenvalue weighted by molar-refractivity contribution is 0.244. The molecule has 0 aliphatic heterocycles. The molecule has 3 N–H and O–H groups in total. The van der Waals surface area contributed by atoms with E-state index in [-0.39, 0.29) is 6.10 Å². The molecule has 0 saturated carbocycles. The molecule has 0 saturated heterocycles. The average molecular weight is 424 g/mol. The quantitative estimate of drug-likeness (QED) is 0.236. The monoisotopic (exact) mass is 423 g/mol. The summed E-state index contributed by atoms with van der Waals surface area (Å²) in [6.45, 7) is 9.59. The van der Waals surface area contributed by atoms with Crippen LogP contribution in [0.2, 0.25) is 0 Å². The van der Waals surface area contributed by atoms with E-state index < -0.39 is 0 Å². The van der Waals surface area contributed by atoms with Crippen molar-refractivity contribution in [2.75, 3.05) is 0 Å². The summed E-state index contributed by atoms with van der Waals surface area (Å²) >= 11 is 0. The second-order valence-corrected chi connectivity index (χ2v) is 7.49. The number of hydrogen-bond donors (Lipinski definition) is 3. The van der Waals surface area contributed by atoms with Crippen LogP contribution in [0.5, 0.6) is 0 Å².